The fourth-order valence-corrected chi connectivity index (χ4v) is 4.35. The van der Waals surface area contributed by atoms with Gasteiger partial charge in [0.2, 0.25) is 0 Å². The molecule has 0 atom stereocenters. The van der Waals surface area contributed by atoms with Gasteiger partial charge < -0.3 is 24.7 Å². The zero-order chi connectivity index (χ0) is 23.4. The maximum Gasteiger partial charge on any atom is 0.348 e. The smallest absolute Gasteiger partial charge is 0.348 e. The molecule has 0 amide bonds. The summed E-state index contributed by atoms with van der Waals surface area (Å²) >= 11 is 0.860. The molecule has 0 radical (unpaired) electrons. The molecule has 0 spiro atoms. The molecule has 2 heterocycles. The molecule has 1 aromatic carbocycles. The standard InChI is InChI=1S/C22H22N2O7S/c1-11-12-7-5-6-8-14(12)24-15(10-28-2)16(11)21(26)31-9-13-17(20(25)29-3)19(23)32-18(13)22(27)30-4/h5-8H,9-10,23H2,1-4H3. The lowest BCUT2D eigenvalue weighted by molar-refractivity contribution is 0.0447. The van der Waals surface area contributed by atoms with Crippen LogP contribution in [0.3, 0.4) is 0 Å². The summed E-state index contributed by atoms with van der Waals surface area (Å²) < 4.78 is 20.3. The number of methoxy groups -OCH3 is 3. The molecule has 3 rings (SSSR count). The van der Waals surface area contributed by atoms with Crippen LogP contribution in [0.2, 0.25) is 0 Å². The van der Waals surface area contributed by atoms with Gasteiger partial charge in [0.25, 0.3) is 0 Å². The molecule has 0 fully saturated rings. The van der Waals surface area contributed by atoms with Crippen LogP contribution in [0, 0.1) is 6.92 Å². The van der Waals surface area contributed by atoms with E-state index in [2.05, 4.69) is 4.98 Å². The predicted molar refractivity (Wildman–Crippen MR) is 118 cm³/mol. The van der Waals surface area contributed by atoms with E-state index in [1.165, 1.54) is 21.3 Å². The Kier molecular flexibility index (Phi) is 7.06. The Labute approximate surface area is 188 Å². The summed E-state index contributed by atoms with van der Waals surface area (Å²) in [6.07, 6.45) is 0. The SMILES string of the molecule is COCc1nc2ccccc2c(C)c1C(=O)OCc1c(C(=O)OC)sc(N)c1C(=O)OC. The second kappa shape index (κ2) is 9.75. The highest BCUT2D eigenvalue weighted by atomic mass is 32.1. The summed E-state index contributed by atoms with van der Waals surface area (Å²) in [5.74, 6) is -2.13. The van der Waals surface area contributed by atoms with Crippen molar-refractivity contribution in [2.24, 2.45) is 0 Å². The van der Waals surface area contributed by atoms with Crippen LogP contribution in [0.5, 0.6) is 0 Å². The first-order valence-corrected chi connectivity index (χ1v) is 10.3. The first-order chi connectivity index (χ1) is 15.3. The molecule has 3 aromatic rings. The fraction of sp³-hybridized carbons (Fsp3) is 0.273. The van der Waals surface area contributed by atoms with E-state index >= 15 is 0 Å². The Morgan fingerprint density at radius 2 is 1.66 bits per heavy atom. The Hall–Kier alpha value is -3.50. The number of carbonyl (C=O) groups excluding carboxylic acids is 3. The average Bonchev–Trinajstić information content (AvgIpc) is 3.12. The Bertz CT molecular complexity index is 1200. The summed E-state index contributed by atoms with van der Waals surface area (Å²) in [6.45, 7) is 1.50. The van der Waals surface area contributed by atoms with Gasteiger partial charge in [0.15, 0.2) is 0 Å². The number of nitrogen functional groups attached to an aromatic ring is 1. The lowest BCUT2D eigenvalue weighted by Gasteiger charge is -2.14. The molecule has 0 aliphatic carbocycles. The zero-order valence-electron chi connectivity index (χ0n) is 18.0. The maximum atomic E-state index is 13.1. The van der Waals surface area contributed by atoms with Crippen LogP contribution in [0.1, 0.15) is 47.2 Å². The predicted octanol–water partition coefficient (Wildman–Crippen LogP) is 3.26. The number of pyridine rings is 1. The van der Waals surface area contributed by atoms with Gasteiger partial charge in [0.05, 0.1) is 37.6 Å². The highest BCUT2D eigenvalue weighted by Crippen LogP contribution is 2.33. The zero-order valence-corrected chi connectivity index (χ0v) is 18.8. The molecule has 2 aromatic heterocycles. The van der Waals surface area contributed by atoms with Crippen molar-refractivity contribution in [1.82, 2.24) is 4.98 Å². The average molecular weight is 458 g/mol. The first-order valence-electron chi connectivity index (χ1n) is 9.46. The van der Waals surface area contributed by atoms with E-state index in [9.17, 15) is 14.4 Å². The number of aromatic nitrogens is 1. The molecule has 9 nitrogen and oxygen atoms in total. The number of rotatable bonds is 7. The van der Waals surface area contributed by atoms with Crippen molar-refractivity contribution < 1.29 is 33.3 Å². The Morgan fingerprint density at radius 1 is 0.969 bits per heavy atom. The highest BCUT2D eigenvalue weighted by molar-refractivity contribution is 7.18. The lowest BCUT2D eigenvalue weighted by Crippen LogP contribution is -2.16. The fourth-order valence-electron chi connectivity index (χ4n) is 3.37. The number of benzene rings is 1. The monoisotopic (exact) mass is 458 g/mol. The first kappa shape index (κ1) is 23.2. The number of nitrogens with two attached hydrogens (primary N) is 1. The maximum absolute atomic E-state index is 13.1. The van der Waals surface area contributed by atoms with Gasteiger partial charge in [-0.2, -0.15) is 0 Å². The van der Waals surface area contributed by atoms with Gasteiger partial charge in [0.1, 0.15) is 22.0 Å². The second-order valence-electron chi connectivity index (χ2n) is 6.72. The summed E-state index contributed by atoms with van der Waals surface area (Å²) in [5, 5.41) is 0.858. The minimum atomic E-state index is -0.747. The molecule has 10 heteroatoms. The van der Waals surface area contributed by atoms with Crippen LogP contribution in [-0.4, -0.2) is 44.2 Å². The van der Waals surface area contributed by atoms with Crippen LogP contribution in [0.25, 0.3) is 10.9 Å². The number of carbonyl (C=O) groups is 3. The van der Waals surface area contributed by atoms with Gasteiger partial charge in [-0.3, -0.25) is 0 Å². The summed E-state index contributed by atoms with van der Waals surface area (Å²) in [6, 6.07) is 7.40. The van der Waals surface area contributed by atoms with E-state index in [1.807, 2.05) is 24.3 Å². The summed E-state index contributed by atoms with van der Waals surface area (Å²) in [7, 11) is 3.89. The summed E-state index contributed by atoms with van der Waals surface area (Å²) in [5.41, 5.74) is 8.09. The van der Waals surface area contributed by atoms with Crippen molar-refractivity contribution >= 4 is 45.1 Å². The molecule has 32 heavy (non-hydrogen) atoms. The van der Waals surface area contributed by atoms with Crippen LogP contribution in [-0.2, 0) is 32.2 Å². The quantitative estimate of drug-likeness (QED) is 0.419. The Morgan fingerprint density at radius 3 is 2.31 bits per heavy atom. The lowest BCUT2D eigenvalue weighted by atomic mass is 10.0. The number of hydrogen-bond acceptors (Lipinski definition) is 10. The van der Waals surface area contributed by atoms with Crippen molar-refractivity contribution in [2.45, 2.75) is 20.1 Å². The van der Waals surface area contributed by atoms with Crippen molar-refractivity contribution in [2.75, 3.05) is 27.1 Å². The minimum Gasteiger partial charge on any atom is -0.465 e. The van der Waals surface area contributed by atoms with E-state index in [1.54, 1.807) is 6.92 Å². The Balaban J connectivity index is 2.01. The molecule has 0 saturated carbocycles. The highest BCUT2D eigenvalue weighted by Gasteiger charge is 2.29. The molecule has 0 saturated heterocycles. The van der Waals surface area contributed by atoms with Crippen LogP contribution < -0.4 is 5.73 Å². The molecule has 0 bridgehead atoms. The van der Waals surface area contributed by atoms with Gasteiger partial charge in [-0.25, -0.2) is 19.4 Å². The molecular formula is C22H22N2O7S. The number of aryl methyl sites for hydroxylation is 1. The number of anilines is 1. The van der Waals surface area contributed by atoms with Crippen molar-refractivity contribution in [3.8, 4) is 0 Å². The molecule has 0 aliphatic rings. The summed E-state index contributed by atoms with van der Waals surface area (Å²) in [4.78, 5) is 42.1. The van der Waals surface area contributed by atoms with Crippen LogP contribution in [0.4, 0.5) is 5.00 Å². The third-order valence-electron chi connectivity index (χ3n) is 4.85. The topological polar surface area (TPSA) is 127 Å². The molecule has 168 valence electrons. The minimum absolute atomic E-state index is 0.0313. The van der Waals surface area contributed by atoms with Gasteiger partial charge in [-0.1, -0.05) is 18.2 Å². The van der Waals surface area contributed by atoms with Gasteiger partial charge in [0, 0.05) is 18.1 Å². The van der Waals surface area contributed by atoms with E-state index in [4.69, 9.17) is 24.7 Å². The van der Waals surface area contributed by atoms with E-state index in [-0.39, 0.29) is 39.8 Å². The van der Waals surface area contributed by atoms with Crippen molar-refractivity contribution in [1.29, 1.82) is 0 Å². The number of hydrogen-bond donors (Lipinski definition) is 1. The third-order valence-corrected chi connectivity index (χ3v) is 5.90. The van der Waals surface area contributed by atoms with Gasteiger partial charge >= 0.3 is 17.9 Å². The van der Waals surface area contributed by atoms with Gasteiger partial charge in [-0.15, -0.1) is 11.3 Å². The number of para-hydroxylation sites is 1. The van der Waals surface area contributed by atoms with E-state index in [0.29, 0.717) is 11.3 Å². The third kappa shape index (κ3) is 4.27. The number of thiophene rings is 1. The van der Waals surface area contributed by atoms with Crippen LogP contribution in [0.15, 0.2) is 24.3 Å². The number of esters is 3. The van der Waals surface area contributed by atoms with Crippen LogP contribution >= 0.6 is 11.3 Å². The largest absolute Gasteiger partial charge is 0.465 e. The van der Waals surface area contributed by atoms with Gasteiger partial charge in [-0.05, 0) is 18.6 Å². The molecule has 2 N–H and O–H groups in total. The van der Waals surface area contributed by atoms with E-state index in [0.717, 1.165) is 22.2 Å². The number of ether oxygens (including phenoxy) is 4. The molecular weight excluding hydrogens is 436 g/mol. The van der Waals surface area contributed by atoms with Crippen molar-refractivity contribution in [3.63, 3.8) is 0 Å². The number of nitrogens with zero attached hydrogens (tertiary/aromatic N) is 1. The second-order valence-corrected chi connectivity index (χ2v) is 7.77. The molecule has 0 unspecified atom stereocenters. The normalized spacial score (nSPS) is 10.8. The molecule has 0 aliphatic heterocycles. The van der Waals surface area contributed by atoms with E-state index < -0.39 is 17.9 Å². The number of fused-ring (bicyclic) bond motifs is 1. The van der Waals surface area contributed by atoms with Crippen molar-refractivity contribution in [3.05, 3.63) is 57.1 Å².